The Kier molecular flexibility index (Phi) is 6.69. The fourth-order valence-electron chi connectivity index (χ4n) is 2.88. The molecule has 1 amide bonds. The summed E-state index contributed by atoms with van der Waals surface area (Å²) in [5, 5.41) is 3.19. The van der Waals surface area contributed by atoms with Gasteiger partial charge in [0.1, 0.15) is 0 Å². The van der Waals surface area contributed by atoms with Gasteiger partial charge in [-0.25, -0.2) is 0 Å². The Morgan fingerprint density at radius 2 is 1.83 bits per heavy atom. The Labute approximate surface area is 112 Å². The molecule has 0 aromatic rings. The van der Waals surface area contributed by atoms with Crippen LogP contribution in [0, 0.1) is 11.8 Å². The van der Waals surface area contributed by atoms with Crippen molar-refractivity contribution in [1.82, 2.24) is 5.32 Å². The van der Waals surface area contributed by atoms with Crippen LogP contribution in [0.3, 0.4) is 0 Å². The fourth-order valence-corrected chi connectivity index (χ4v) is 2.88. The molecule has 3 atom stereocenters. The van der Waals surface area contributed by atoms with E-state index in [-0.39, 0.29) is 17.9 Å². The standard InChI is InChI=1S/C15H30N2O/c1-4-11(3)14(16)15(18)17-13(5-2)12-9-7-6-8-10-12/h11-14H,4-10,16H2,1-3H3,(H,17,18)/t11?,13?,14-/m0/s1. The van der Waals surface area contributed by atoms with Gasteiger partial charge in [-0.2, -0.15) is 0 Å². The Balaban J connectivity index is 2.48. The molecule has 1 aliphatic rings. The molecule has 106 valence electrons. The maximum Gasteiger partial charge on any atom is 0.237 e. The lowest BCUT2D eigenvalue weighted by Crippen LogP contribution is -2.50. The minimum atomic E-state index is -0.354. The van der Waals surface area contributed by atoms with Crippen LogP contribution in [-0.4, -0.2) is 18.0 Å². The van der Waals surface area contributed by atoms with Crippen LogP contribution in [-0.2, 0) is 4.79 Å². The Morgan fingerprint density at radius 3 is 2.33 bits per heavy atom. The number of carbonyl (C=O) groups excluding carboxylic acids is 1. The molecular formula is C15H30N2O. The highest BCUT2D eigenvalue weighted by atomic mass is 16.2. The summed E-state index contributed by atoms with van der Waals surface area (Å²) in [5.74, 6) is 0.965. The van der Waals surface area contributed by atoms with E-state index in [1.54, 1.807) is 0 Å². The van der Waals surface area contributed by atoms with Gasteiger partial charge in [-0.1, -0.05) is 46.5 Å². The maximum absolute atomic E-state index is 12.1. The molecule has 0 radical (unpaired) electrons. The maximum atomic E-state index is 12.1. The molecule has 2 unspecified atom stereocenters. The van der Waals surface area contributed by atoms with E-state index in [1.807, 2.05) is 6.92 Å². The zero-order valence-electron chi connectivity index (χ0n) is 12.2. The molecule has 3 nitrogen and oxygen atoms in total. The van der Waals surface area contributed by atoms with Crippen LogP contribution < -0.4 is 11.1 Å². The first kappa shape index (κ1) is 15.5. The van der Waals surface area contributed by atoms with Gasteiger partial charge in [-0.15, -0.1) is 0 Å². The van der Waals surface area contributed by atoms with Gasteiger partial charge in [-0.05, 0) is 31.1 Å². The van der Waals surface area contributed by atoms with Crippen molar-refractivity contribution < 1.29 is 4.79 Å². The van der Waals surface area contributed by atoms with E-state index in [0.717, 1.165) is 12.8 Å². The van der Waals surface area contributed by atoms with Crippen LogP contribution in [0.4, 0.5) is 0 Å². The van der Waals surface area contributed by atoms with Crippen LogP contribution in [0.25, 0.3) is 0 Å². The summed E-state index contributed by atoms with van der Waals surface area (Å²) in [7, 11) is 0. The lowest BCUT2D eigenvalue weighted by molar-refractivity contribution is -0.124. The third kappa shape index (κ3) is 4.27. The van der Waals surface area contributed by atoms with Gasteiger partial charge in [0.15, 0.2) is 0 Å². The summed E-state index contributed by atoms with van der Waals surface area (Å²) < 4.78 is 0. The molecule has 1 saturated carbocycles. The molecule has 3 heteroatoms. The first-order valence-corrected chi connectivity index (χ1v) is 7.66. The van der Waals surface area contributed by atoms with E-state index >= 15 is 0 Å². The number of carbonyl (C=O) groups is 1. The molecule has 0 aromatic heterocycles. The average molecular weight is 254 g/mol. The molecule has 0 bridgehead atoms. The quantitative estimate of drug-likeness (QED) is 0.766. The number of amides is 1. The van der Waals surface area contributed by atoms with Gasteiger partial charge in [0.2, 0.25) is 5.91 Å². The van der Waals surface area contributed by atoms with Crippen molar-refractivity contribution >= 4 is 5.91 Å². The highest BCUT2D eigenvalue weighted by Crippen LogP contribution is 2.27. The number of nitrogens with two attached hydrogens (primary N) is 1. The van der Waals surface area contributed by atoms with Crippen molar-refractivity contribution in [2.75, 3.05) is 0 Å². The van der Waals surface area contributed by atoms with E-state index < -0.39 is 0 Å². The van der Waals surface area contributed by atoms with E-state index in [9.17, 15) is 4.79 Å². The topological polar surface area (TPSA) is 55.1 Å². The first-order chi connectivity index (χ1) is 8.60. The van der Waals surface area contributed by atoms with E-state index in [4.69, 9.17) is 5.73 Å². The molecule has 0 aliphatic heterocycles. The van der Waals surface area contributed by atoms with Crippen molar-refractivity contribution in [3.05, 3.63) is 0 Å². The van der Waals surface area contributed by atoms with Gasteiger partial charge in [0.05, 0.1) is 6.04 Å². The highest BCUT2D eigenvalue weighted by molar-refractivity contribution is 5.82. The van der Waals surface area contributed by atoms with Crippen molar-refractivity contribution in [1.29, 1.82) is 0 Å². The van der Waals surface area contributed by atoms with Gasteiger partial charge < -0.3 is 11.1 Å². The van der Waals surface area contributed by atoms with Crippen LogP contribution in [0.5, 0.6) is 0 Å². The minimum Gasteiger partial charge on any atom is -0.352 e. The number of rotatable bonds is 6. The molecule has 0 heterocycles. The second-order valence-electron chi connectivity index (χ2n) is 5.83. The van der Waals surface area contributed by atoms with Gasteiger partial charge in [-0.3, -0.25) is 4.79 Å². The molecule has 1 aliphatic carbocycles. The molecule has 0 spiro atoms. The van der Waals surface area contributed by atoms with Crippen LogP contribution >= 0.6 is 0 Å². The monoisotopic (exact) mass is 254 g/mol. The summed E-state index contributed by atoms with van der Waals surface area (Å²) in [6.45, 7) is 6.29. The van der Waals surface area contributed by atoms with Crippen molar-refractivity contribution in [2.45, 2.75) is 77.8 Å². The van der Waals surface area contributed by atoms with Gasteiger partial charge in [0.25, 0.3) is 0 Å². The zero-order chi connectivity index (χ0) is 13.5. The lowest BCUT2D eigenvalue weighted by Gasteiger charge is -2.31. The molecule has 18 heavy (non-hydrogen) atoms. The van der Waals surface area contributed by atoms with E-state index in [0.29, 0.717) is 12.0 Å². The fraction of sp³-hybridized carbons (Fsp3) is 0.933. The first-order valence-electron chi connectivity index (χ1n) is 7.66. The molecule has 3 N–H and O–H groups in total. The van der Waals surface area contributed by atoms with Crippen LogP contribution in [0.1, 0.15) is 65.7 Å². The van der Waals surface area contributed by atoms with Crippen molar-refractivity contribution in [3.8, 4) is 0 Å². The lowest BCUT2D eigenvalue weighted by atomic mass is 9.82. The predicted molar refractivity (Wildman–Crippen MR) is 76.2 cm³/mol. The summed E-state index contributed by atoms with van der Waals surface area (Å²) in [5.41, 5.74) is 5.99. The Bertz CT molecular complexity index is 249. The van der Waals surface area contributed by atoms with Gasteiger partial charge >= 0.3 is 0 Å². The summed E-state index contributed by atoms with van der Waals surface area (Å²) in [6.07, 6.45) is 8.48. The Morgan fingerprint density at radius 1 is 1.22 bits per heavy atom. The second kappa shape index (κ2) is 7.78. The molecule has 1 rings (SSSR count). The number of nitrogens with one attached hydrogen (secondary N) is 1. The molecule has 1 fully saturated rings. The largest absolute Gasteiger partial charge is 0.352 e. The summed E-state index contributed by atoms with van der Waals surface area (Å²) in [6, 6.07) is -0.0273. The van der Waals surface area contributed by atoms with Crippen LogP contribution in [0.15, 0.2) is 0 Å². The average Bonchev–Trinajstić information content (AvgIpc) is 2.43. The van der Waals surface area contributed by atoms with Crippen LogP contribution in [0.2, 0.25) is 0 Å². The third-order valence-electron chi connectivity index (χ3n) is 4.55. The van der Waals surface area contributed by atoms with E-state index in [1.165, 1.54) is 32.1 Å². The molecule has 0 aromatic carbocycles. The van der Waals surface area contributed by atoms with Gasteiger partial charge in [0, 0.05) is 6.04 Å². The second-order valence-corrected chi connectivity index (χ2v) is 5.83. The molecule has 0 saturated heterocycles. The van der Waals surface area contributed by atoms with Crippen molar-refractivity contribution in [2.24, 2.45) is 17.6 Å². The van der Waals surface area contributed by atoms with E-state index in [2.05, 4.69) is 19.2 Å². The van der Waals surface area contributed by atoms with Crippen molar-refractivity contribution in [3.63, 3.8) is 0 Å². The summed E-state index contributed by atoms with van der Waals surface area (Å²) in [4.78, 5) is 12.1. The highest BCUT2D eigenvalue weighted by Gasteiger charge is 2.26. The zero-order valence-corrected chi connectivity index (χ0v) is 12.2. The third-order valence-corrected chi connectivity index (χ3v) is 4.55. The predicted octanol–water partition coefficient (Wildman–Crippen LogP) is 2.83. The minimum absolute atomic E-state index is 0.0433. The SMILES string of the molecule is CCC(NC(=O)[C@@H](N)C(C)CC)C1CCCCC1. The Hall–Kier alpha value is -0.570. The number of hydrogen-bond acceptors (Lipinski definition) is 2. The molecular weight excluding hydrogens is 224 g/mol. The normalized spacial score (nSPS) is 22.2. The summed E-state index contributed by atoms with van der Waals surface area (Å²) >= 11 is 0. The number of hydrogen-bond donors (Lipinski definition) is 2. The smallest absolute Gasteiger partial charge is 0.237 e.